The molecule has 6 amide bonds. The van der Waals surface area contributed by atoms with Crippen molar-refractivity contribution in [1.82, 2.24) is 31.5 Å². The highest BCUT2D eigenvalue weighted by molar-refractivity contribution is 5.94. The molecule has 0 aliphatic carbocycles. The number of rotatable bonds is 17. The fraction of sp³-hybridized carbons (Fsp3) is 0.690. The first kappa shape index (κ1) is 52.8. The van der Waals surface area contributed by atoms with E-state index in [9.17, 15) is 46.7 Å². The summed E-state index contributed by atoms with van der Waals surface area (Å²) in [7, 11) is 1.15. The number of alkyl carbamates (subject to hydrolysis) is 3. The second kappa shape index (κ2) is 22.7. The van der Waals surface area contributed by atoms with Gasteiger partial charge >= 0.3 is 30.4 Å². The molecule has 2 rings (SSSR count). The highest BCUT2D eigenvalue weighted by Gasteiger charge is 2.46. The number of esters is 1. The summed E-state index contributed by atoms with van der Waals surface area (Å²) in [5.74, 6) is -3.50. The molecule has 0 radical (unpaired) electrons. The first-order valence-electron chi connectivity index (χ1n) is 20.6. The molecule has 350 valence electrons. The molecule has 20 heteroatoms. The van der Waals surface area contributed by atoms with Crippen LogP contribution < -0.4 is 26.6 Å². The number of likely N-dealkylation sites (tertiary alicyclic amines) is 1. The number of carbonyl (C=O) groups excluding carboxylic acids is 7. The summed E-state index contributed by atoms with van der Waals surface area (Å²) in [6.07, 6.45) is -9.49. The maximum Gasteiger partial charge on any atom is 0.408 e. The number of piperidine rings is 1. The van der Waals surface area contributed by atoms with E-state index in [4.69, 9.17) is 18.9 Å². The highest BCUT2D eigenvalue weighted by atomic mass is 19.4. The molecule has 1 aromatic carbocycles. The highest BCUT2D eigenvalue weighted by Crippen LogP contribution is 2.27. The molecule has 0 bridgehead atoms. The van der Waals surface area contributed by atoms with Crippen LogP contribution in [-0.4, -0.2) is 120 Å². The van der Waals surface area contributed by atoms with Crippen molar-refractivity contribution < 1.29 is 65.7 Å². The maximum atomic E-state index is 14.2. The van der Waals surface area contributed by atoms with E-state index >= 15 is 0 Å². The standard InChI is InChI=1S/C42H65F3N6O11/c1-38(2,3)60-35(56)46-23-15-14-18-29(33(54)51-24-21-41(22-25-51,34(55)59-10)50-37(58)62-40(7,8)9)48-31(52)28(19-20-42(43,44)45)47-32(53)30(26-27-16-12-11-13-17-27)49-36(57)61-39(4,5)6/h11-13,16-17,28-30H,14-15,18-26H2,1-10H3,(H,46,56)(H,47,53)(H,48,52)(H,49,57)(H,50,58). The summed E-state index contributed by atoms with van der Waals surface area (Å²) < 4.78 is 61.8. The third-order valence-electron chi connectivity index (χ3n) is 9.09. The Kier molecular flexibility index (Phi) is 19.3. The lowest BCUT2D eigenvalue weighted by molar-refractivity contribution is -0.153. The predicted molar refractivity (Wildman–Crippen MR) is 220 cm³/mol. The van der Waals surface area contributed by atoms with Gasteiger partial charge in [-0.25, -0.2) is 19.2 Å². The number of benzene rings is 1. The lowest BCUT2D eigenvalue weighted by Crippen LogP contribution is -2.63. The minimum Gasteiger partial charge on any atom is -0.467 e. The molecule has 62 heavy (non-hydrogen) atoms. The molecule has 5 N–H and O–H groups in total. The summed E-state index contributed by atoms with van der Waals surface area (Å²) in [6.45, 7) is 14.7. The minimum atomic E-state index is -4.73. The summed E-state index contributed by atoms with van der Waals surface area (Å²) >= 11 is 0. The molecule has 1 saturated heterocycles. The van der Waals surface area contributed by atoms with E-state index in [2.05, 4.69) is 26.6 Å². The Morgan fingerprint density at radius 2 is 1.19 bits per heavy atom. The van der Waals surface area contributed by atoms with Gasteiger partial charge in [0.25, 0.3) is 0 Å². The molecule has 1 heterocycles. The van der Waals surface area contributed by atoms with Gasteiger partial charge in [0.05, 0.1) is 7.11 Å². The fourth-order valence-electron chi connectivity index (χ4n) is 6.27. The van der Waals surface area contributed by atoms with Crippen LogP contribution in [0.2, 0.25) is 0 Å². The summed E-state index contributed by atoms with van der Waals surface area (Å²) in [5.41, 5.74) is -3.56. The number of halogens is 3. The van der Waals surface area contributed by atoms with Crippen LogP contribution >= 0.6 is 0 Å². The Morgan fingerprint density at radius 1 is 0.677 bits per heavy atom. The zero-order chi connectivity index (χ0) is 47.1. The van der Waals surface area contributed by atoms with E-state index < -0.39 is 101 Å². The molecular formula is C42H65F3N6O11. The zero-order valence-electron chi connectivity index (χ0n) is 37.5. The number of carbonyl (C=O) groups is 7. The van der Waals surface area contributed by atoms with Gasteiger partial charge in [-0.3, -0.25) is 14.4 Å². The Labute approximate surface area is 361 Å². The van der Waals surface area contributed by atoms with E-state index in [0.29, 0.717) is 12.0 Å². The van der Waals surface area contributed by atoms with Crippen molar-refractivity contribution in [3.8, 4) is 0 Å². The second-order valence-electron chi connectivity index (χ2n) is 18.1. The average molecular weight is 887 g/mol. The van der Waals surface area contributed by atoms with Crippen molar-refractivity contribution in [2.45, 2.75) is 160 Å². The van der Waals surface area contributed by atoms with E-state index in [-0.39, 0.29) is 51.7 Å². The van der Waals surface area contributed by atoms with Gasteiger partial charge in [-0.15, -0.1) is 0 Å². The molecule has 0 spiro atoms. The summed E-state index contributed by atoms with van der Waals surface area (Å²) in [5, 5.41) is 12.5. The lowest BCUT2D eigenvalue weighted by Gasteiger charge is -2.41. The van der Waals surface area contributed by atoms with Gasteiger partial charge < -0.3 is 50.4 Å². The van der Waals surface area contributed by atoms with E-state index in [0.717, 1.165) is 7.11 Å². The number of hydrogen-bond donors (Lipinski definition) is 5. The number of ether oxygens (including phenoxy) is 4. The number of nitrogens with zero attached hydrogens (tertiary/aromatic N) is 1. The molecule has 1 aliphatic rings. The molecular weight excluding hydrogens is 821 g/mol. The monoisotopic (exact) mass is 886 g/mol. The molecule has 1 fully saturated rings. The van der Waals surface area contributed by atoms with Crippen molar-refractivity contribution in [2.24, 2.45) is 0 Å². The number of unbranched alkanes of at least 4 members (excludes halogenated alkanes) is 1. The van der Waals surface area contributed by atoms with Crippen molar-refractivity contribution in [1.29, 1.82) is 0 Å². The van der Waals surface area contributed by atoms with Crippen LogP contribution in [0.15, 0.2) is 30.3 Å². The average Bonchev–Trinajstić information content (AvgIpc) is 3.12. The third kappa shape index (κ3) is 20.0. The van der Waals surface area contributed by atoms with Gasteiger partial charge in [0.1, 0.15) is 40.5 Å². The number of amides is 6. The van der Waals surface area contributed by atoms with Crippen LogP contribution in [0.25, 0.3) is 0 Å². The van der Waals surface area contributed by atoms with E-state index in [1.807, 2.05) is 0 Å². The first-order valence-corrected chi connectivity index (χ1v) is 20.6. The van der Waals surface area contributed by atoms with Crippen LogP contribution in [-0.2, 0) is 44.5 Å². The zero-order valence-corrected chi connectivity index (χ0v) is 37.5. The van der Waals surface area contributed by atoms with Crippen molar-refractivity contribution in [3.63, 3.8) is 0 Å². The van der Waals surface area contributed by atoms with E-state index in [1.54, 1.807) is 92.6 Å². The Hall–Kier alpha value is -5.30. The van der Waals surface area contributed by atoms with Crippen LogP contribution in [0, 0.1) is 0 Å². The molecule has 1 aromatic rings. The third-order valence-corrected chi connectivity index (χ3v) is 9.09. The van der Waals surface area contributed by atoms with Gasteiger partial charge in [0.2, 0.25) is 17.7 Å². The number of hydrogen-bond acceptors (Lipinski definition) is 11. The predicted octanol–water partition coefficient (Wildman–Crippen LogP) is 5.19. The van der Waals surface area contributed by atoms with Crippen molar-refractivity contribution in [2.75, 3.05) is 26.7 Å². The lowest BCUT2D eigenvalue weighted by atomic mass is 9.87. The number of nitrogens with one attached hydrogen (secondary N) is 5. The topological polar surface area (TPSA) is 220 Å². The van der Waals surface area contributed by atoms with Gasteiger partial charge in [0.15, 0.2) is 0 Å². The number of alkyl halides is 3. The van der Waals surface area contributed by atoms with Crippen LogP contribution in [0.4, 0.5) is 27.6 Å². The summed E-state index contributed by atoms with van der Waals surface area (Å²) in [4.78, 5) is 94.0. The van der Waals surface area contributed by atoms with Gasteiger partial charge in [-0.05, 0) is 106 Å². The van der Waals surface area contributed by atoms with E-state index in [1.165, 1.54) is 4.90 Å². The van der Waals surface area contributed by atoms with Gasteiger partial charge in [-0.2, -0.15) is 13.2 Å². The molecule has 3 unspecified atom stereocenters. The second-order valence-corrected chi connectivity index (χ2v) is 18.1. The SMILES string of the molecule is COC(=O)C1(NC(=O)OC(C)(C)C)CCN(C(=O)C(CCCCNC(=O)OC(C)(C)C)NC(=O)C(CCC(F)(F)F)NC(=O)C(Cc2ccccc2)NC(=O)OC(C)(C)C)CC1. The van der Waals surface area contributed by atoms with Gasteiger partial charge in [0, 0.05) is 32.5 Å². The summed E-state index contributed by atoms with van der Waals surface area (Å²) in [6, 6.07) is 3.90. The Morgan fingerprint density at radius 3 is 1.73 bits per heavy atom. The van der Waals surface area contributed by atoms with Crippen LogP contribution in [0.1, 0.15) is 113 Å². The molecule has 3 atom stereocenters. The molecule has 0 saturated carbocycles. The van der Waals surface area contributed by atoms with Gasteiger partial charge in [-0.1, -0.05) is 30.3 Å². The van der Waals surface area contributed by atoms with Crippen LogP contribution in [0.3, 0.4) is 0 Å². The largest absolute Gasteiger partial charge is 0.467 e. The molecule has 1 aliphatic heterocycles. The smallest absolute Gasteiger partial charge is 0.408 e. The first-order chi connectivity index (χ1) is 28.5. The molecule has 0 aromatic heterocycles. The quantitative estimate of drug-likeness (QED) is 0.0779. The van der Waals surface area contributed by atoms with Crippen LogP contribution in [0.5, 0.6) is 0 Å². The normalized spacial score (nSPS) is 15.7. The van der Waals surface area contributed by atoms with Crippen molar-refractivity contribution >= 4 is 42.0 Å². The maximum absolute atomic E-state index is 14.2. The Balaban J connectivity index is 2.40. The fourth-order valence-corrected chi connectivity index (χ4v) is 6.27. The van der Waals surface area contributed by atoms with Crippen molar-refractivity contribution in [3.05, 3.63) is 35.9 Å². The Bertz CT molecular complexity index is 1680. The minimum absolute atomic E-state index is 0.0495. The number of methoxy groups -OCH3 is 1. The molecule has 17 nitrogen and oxygen atoms in total.